The van der Waals surface area contributed by atoms with Gasteiger partial charge in [0.2, 0.25) is 0 Å². The second-order valence-corrected chi connectivity index (χ2v) is 4.84. The monoisotopic (exact) mass is 309 g/mol. The van der Waals surface area contributed by atoms with E-state index in [2.05, 4.69) is 20.9 Å². The summed E-state index contributed by atoms with van der Waals surface area (Å²) < 4.78 is 19.9. The van der Waals surface area contributed by atoms with Crippen molar-refractivity contribution in [2.45, 2.75) is 24.0 Å². The van der Waals surface area contributed by atoms with Crippen LogP contribution >= 0.6 is 0 Å². The van der Waals surface area contributed by atoms with Crippen molar-refractivity contribution in [1.29, 1.82) is 0 Å². The summed E-state index contributed by atoms with van der Waals surface area (Å²) in [7, 11) is 0. The minimum atomic E-state index is -1.78. The molecule has 0 aliphatic carbocycles. The number of nitrogen functional groups attached to an aromatic ring is 1. The predicted molar refractivity (Wildman–Crippen MR) is 70.5 cm³/mol. The van der Waals surface area contributed by atoms with Crippen LogP contribution in [-0.2, 0) is 4.74 Å². The zero-order valence-electron chi connectivity index (χ0n) is 11.1. The van der Waals surface area contributed by atoms with Gasteiger partial charge in [0, 0.05) is 0 Å². The number of nitrogens with two attached hydrogens (primary N) is 1. The molecular weight excluding hydrogens is 297 g/mol. The van der Waals surface area contributed by atoms with Gasteiger partial charge in [-0.1, -0.05) is 5.92 Å². The van der Waals surface area contributed by atoms with Crippen molar-refractivity contribution in [3.8, 4) is 12.3 Å². The topological polar surface area (TPSA) is 140 Å². The van der Waals surface area contributed by atoms with Crippen molar-refractivity contribution in [3.05, 3.63) is 12.4 Å². The first-order valence-corrected chi connectivity index (χ1v) is 6.21. The van der Waals surface area contributed by atoms with Gasteiger partial charge >= 0.3 is 6.08 Å². The molecule has 1 aliphatic rings. The Labute approximate surface area is 123 Å². The molecule has 1 fully saturated rings. The summed E-state index contributed by atoms with van der Waals surface area (Å²) in [4.78, 5) is 10.8. The van der Waals surface area contributed by atoms with Gasteiger partial charge in [0.1, 0.15) is 12.2 Å². The lowest BCUT2D eigenvalue weighted by molar-refractivity contribution is -0.0911. The van der Waals surface area contributed by atoms with Crippen molar-refractivity contribution < 1.29 is 24.4 Å². The molecule has 5 N–H and O–H groups in total. The Balaban J connectivity index is 2.11. The maximum atomic E-state index is 13.3. The van der Waals surface area contributed by atoms with Gasteiger partial charge in [-0.2, -0.15) is 14.4 Å². The molecule has 2 aromatic rings. The van der Waals surface area contributed by atoms with Crippen LogP contribution in [0.5, 0.6) is 0 Å². The van der Waals surface area contributed by atoms with Crippen LogP contribution in [0, 0.1) is 18.4 Å². The SMILES string of the molecule is C#C[C@]1(CO)O[C@H](n2cnc3c(N)nc(F)nc32)[C@H](O)[C@@H]1O. The number of halogens is 1. The Bertz CT molecular complexity index is 775. The van der Waals surface area contributed by atoms with Gasteiger partial charge < -0.3 is 25.8 Å². The Morgan fingerprint density at radius 1 is 1.50 bits per heavy atom. The van der Waals surface area contributed by atoms with E-state index < -0.39 is 36.7 Å². The van der Waals surface area contributed by atoms with Crippen LogP contribution in [-0.4, -0.2) is 59.3 Å². The second kappa shape index (κ2) is 4.85. The van der Waals surface area contributed by atoms with Crippen LogP contribution in [0.25, 0.3) is 11.2 Å². The summed E-state index contributed by atoms with van der Waals surface area (Å²) in [6.45, 7) is -0.712. The molecule has 0 radical (unpaired) electrons. The van der Waals surface area contributed by atoms with E-state index in [4.69, 9.17) is 16.9 Å². The number of imidazole rings is 1. The van der Waals surface area contributed by atoms with Crippen LogP contribution in [0.3, 0.4) is 0 Å². The van der Waals surface area contributed by atoms with Crippen LogP contribution in [0.15, 0.2) is 6.33 Å². The molecule has 0 amide bonds. The van der Waals surface area contributed by atoms with Crippen molar-refractivity contribution in [1.82, 2.24) is 19.5 Å². The van der Waals surface area contributed by atoms with E-state index in [0.29, 0.717) is 0 Å². The van der Waals surface area contributed by atoms with E-state index in [1.165, 1.54) is 10.9 Å². The highest BCUT2D eigenvalue weighted by Crippen LogP contribution is 2.38. The summed E-state index contributed by atoms with van der Waals surface area (Å²) in [6, 6.07) is 0. The average Bonchev–Trinajstić information content (AvgIpc) is 3.01. The molecule has 4 atom stereocenters. The molecule has 2 aromatic heterocycles. The Morgan fingerprint density at radius 3 is 2.82 bits per heavy atom. The third kappa shape index (κ3) is 1.84. The third-order valence-electron chi connectivity index (χ3n) is 3.60. The number of nitrogens with zero attached hydrogens (tertiary/aromatic N) is 4. The first-order chi connectivity index (χ1) is 10.4. The summed E-state index contributed by atoms with van der Waals surface area (Å²) in [5, 5.41) is 29.5. The Morgan fingerprint density at radius 2 is 2.23 bits per heavy atom. The highest BCUT2D eigenvalue weighted by Gasteiger charge is 2.54. The van der Waals surface area contributed by atoms with Crippen molar-refractivity contribution in [3.63, 3.8) is 0 Å². The van der Waals surface area contributed by atoms with Gasteiger partial charge in [-0.25, -0.2) is 4.98 Å². The largest absolute Gasteiger partial charge is 0.392 e. The Hall–Kier alpha value is -2.32. The minimum absolute atomic E-state index is 0.0352. The number of rotatable bonds is 2. The molecule has 10 heteroatoms. The molecule has 9 nitrogen and oxygen atoms in total. The van der Waals surface area contributed by atoms with E-state index in [1.54, 1.807) is 0 Å². The highest BCUT2D eigenvalue weighted by atomic mass is 19.1. The van der Waals surface area contributed by atoms with Gasteiger partial charge in [0.05, 0.1) is 12.9 Å². The highest BCUT2D eigenvalue weighted by molar-refractivity contribution is 5.81. The van der Waals surface area contributed by atoms with Gasteiger partial charge in [0.15, 0.2) is 28.8 Å². The number of terminal acetylenes is 1. The molecule has 116 valence electrons. The molecule has 3 heterocycles. The molecule has 0 saturated carbocycles. The van der Waals surface area contributed by atoms with Crippen molar-refractivity contribution in [2.75, 3.05) is 12.3 Å². The van der Waals surface area contributed by atoms with Crippen molar-refractivity contribution in [2.24, 2.45) is 0 Å². The Kier molecular flexibility index (Phi) is 3.22. The molecule has 0 spiro atoms. The normalized spacial score (nSPS) is 31.5. The zero-order valence-corrected chi connectivity index (χ0v) is 11.1. The molecule has 1 saturated heterocycles. The maximum Gasteiger partial charge on any atom is 0.312 e. The molecule has 22 heavy (non-hydrogen) atoms. The van der Waals surface area contributed by atoms with E-state index in [-0.39, 0.29) is 17.0 Å². The predicted octanol–water partition coefficient (Wildman–Crippen LogP) is -1.84. The van der Waals surface area contributed by atoms with Crippen LogP contribution in [0.4, 0.5) is 10.2 Å². The minimum Gasteiger partial charge on any atom is -0.392 e. The first-order valence-electron chi connectivity index (χ1n) is 6.21. The fourth-order valence-corrected chi connectivity index (χ4v) is 2.40. The number of aliphatic hydroxyl groups excluding tert-OH is 3. The summed E-state index contributed by atoms with van der Waals surface area (Å²) >= 11 is 0. The molecule has 0 unspecified atom stereocenters. The van der Waals surface area contributed by atoms with E-state index >= 15 is 0 Å². The number of hydrogen-bond acceptors (Lipinski definition) is 8. The fraction of sp³-hybridized carbons (Fsp3) is 0.417. The number of aliphatic hydroxyl groups is 3. The smallest absolute Gasteiger partial charge is 0.312 e. The number of anilines is 1. The lowest BCUT2D eigenvalue weighted by Crippen LogP contribution is -2.44. The van der Waals surface area contributed by atoms with E-state index in [9.17, 15) is 19.7 Å². The number of hydrogen-bond donors (Lipinski definition) is 4. The molecule has 3 rings (SSSR count). The first kappa shape index (κ1) is 14.6. The van der Waals surface area contributed by atoms with Crippen LogP contribution in [0.1, 0.15) is 6.23 Å². The summed E-state index contributed by atoms with van der Waals surface area (Å²) in [6.07, 6.45) is 1.13. The van der Waals surface area contributed by atoms with Crippen molar-refractivity contribution >= 4 is 17.0 Å². The van der Waals surface area contributed by atoms with Crippen LogP contribution in [0.2, 0.25) is 0 Å². The van der Waals surface area contributed by atoms with Gasteiger partial charge in [-0.05, 0) is 0 Å². The second-order valence-electron chi connectivity index (χ2n) is 4.84. The van der Waals surface area contributed by atoms with Crippen LogP contribution < -0.4 is 5.73 Å². The lowest BCUT2D eigenvalue weighted by Gasteiger charge is -2.23. The number of ether oxygens (including phenoxy) is 1. The zero-order chi connectivity index (χ0) is 16.1. The third-order valence-corrected chi connectivity index (χ3v) is 3.60. The maximum absolute atomic E-state index is 13.3. The molecule has 0 aromatic carbocycles. The van der Waals surface area contributed by atoms with Gasteiger partial charge in [0.25, 0.3) is 0 Å². The standard InChI is InChI=1S/C12H12FN5O4/c1-2-12(3-19)7(21)6(20)10(22-12)18-4-15-5-8(14)16-11(13)17-9(5)18/h1,4,6-7,10,19-21H,3H2,(H2,14,16,17)/t6-,7+,10+,12-/m1/s1. The quantitative estimate of drug-likeness (QED) is 0.375. The number of aromatic nitrogens is 4. The van der Waals surface area contributed by atoms with Gasteiger partial charge in [-0.3, -0.25) is 4.57 Å². The summed E-state index contributed by atoms with van der Waals surface area (Å²) in [5.74, 6) is 1.94. The van der Waals surface area contributed by atoms with E-state index in [1.807, 2.05) is 0 Å². The fourth-order valence-electron chi connectivity index (χ4n) is 2.40. The average molecular weight is 309 g/mol. The summed E-state index contributed by atoms with van der Waals surface area (Å²) in [5.41, 5.74) is 3.83. The molecule has 0 bridgehead atoms. The molecular formula is C12H12FN5O4. The van der Waals surface area contributed by atoms with Gasteiger partial charge in [-0.15, -0.1) is 6.42 Å². The van der Waals surface area contributed by atoms with E-state index in [0.717, 1.165) is 0 Å². The number of fused-ring (bicyclic) bond motifs is 1. The lowest BCUT2D eigenvalue weighted by atomic mass is 9.97. The molecule has 1 aliphatic heterocycles.